The van der Waals surface area contributed by atoms with Crippen LogP contribution < -0.4 is 10.6 Å². The van der Waals surface area contributed by atoms with Crippen LogP contribution in [0.2, 0.25) is 0 Å². The summed E-state index contributed by atoms with van der Waals surface area (Å²) in [7, 11) is 0. The second kappa shape index (κ2) is 4.06. The minimum absolute atomic E-state index is 0.153. The average Bonchev–Trinajstić information content (AvgIpc) is 3.17. The standard InChI is InChI=1S/C17H18N2O/c18-10-9-17(7-8-17)11-19-14-6-2-4-12-3-1-5-13(15(12)14)16(19)20/h1-6H,7-11,18H2. The van der Waals surface area contributed by atoms with Crippen molar-refractivity contribution < 1.29 is 4.79 Å². The molecule has 1 fully saturated rings. The molecule has 20 heavy (non-hydrogen) atoms. The first-order valence-corrected chi connectivity index (χ1v) is 7.28. The van der Waals surface area contributed by atoms with Gasteiger partial charge in [0.15, 0.2) is 0 Å². The molecule has 1 aliphatic carbocycles. The monoisotopic (exact) mass is 266 g/mol. The van der Waals surface area contributed by atoms with Gasteiger partial charge in [0.2, 0.25) is 0 Å². The molecule has 2 N–H and O–H groups in total. The molecule has 0 spiro atoms. The molecule has 3 heteroatoms. The predicted octanol–water partition coefficient (Wildman–Crippen LogP) is 2.93. The molecular formula is C17H18N2O. The van der Waals surface area contributed by atoms with Crippen molar-refractivity contribution in [2.45, 2.75) is 19.3 Å². The third-order valence-corrected chi connectivity index (χ3v) is 4.77. The summed E-state index contributed by atoms with van der Waals surface area (Å²) in [5.41, 5.74) is 7.92. The minimum Gasteiger partial charge on any atom is -0.330 e. The molecule has 0 aromatic heterocycles. The second-order valence-corrected chi connectivity index (χ2v) is 6.11. The number of carbonyl (C=O) groups is 1. The highest BCUT2D eigenvalue weighted by molar-refractivity contribution is 6.25. The summed E-state index contributed by atoms with van der Waals surface area (Å²) in [4.78, 5) is 14.7. The lowest BCUT2D eigenvalue weighted by atomic mass is 10.0. The SMILES string of the molecule is NCCC1(CN2C(=O)c3cccc4cccc2c34)CC1. The summed E-state index contributed by atoms with van der Waals surface area (Å²) in [5, 5.41) is 2.27. The maximum atomic E-state index is 12.7. The van der Waals surface area contributed by atoms with E-state index in [1.807, 2.05) is 23.1 Å². The molecule has 4 rings (SSSR count). The molecule has 102 valence electrons. The van der Waals surface area contributed by atoms with Gasteiger partial charge in [0, 0.05) is 17.5 Å². The number of amides is 1. The number of benzene rings is 2. The Labute approximate surface area is 118 Å². The molecule has 1 heterocycles. The van der Waals surface area contributed by atoms with Gasteiger partial charge in [-0.25, -0.2) is 0 Å². The lowest BCUT2D eigenvalue weighted by Gasteiger charge is -2.24. The van der Waals surface area contributed by atoms with Crippen molar-refractivity contribution in [1.29, 1.82) is 0 Å². The molecule has 1 amide bonds. The van der Waals surface area contributed by atoms with Gasteiger partial charge in [-0.3, -0.25) is 4.79 Å². The van der Waals surface area contributed by atoms with E-state index in [1.54, 1.807) is 0 Å². The van der Waals surface area contributed by atoms with Gasteiger partial charge in [-0.1, -0.05) is 24.3 Å². The molecule has 1 aliphatic heterocycles. The molecule has 0 saturated heterocycles. The van der Waals surface area contributed by atoms with E-state index in [0.29, 0.717) is 6.54 Å². The normalized spacial score (nSPS) is 18.9. The highest BCUT2D eigenvalue weighted by Crippen LogP contribution is 2.51. The van der Waals surface area contributed by atoms with Crippen molar-refractivity contribution in [3.05, 3.63) is 42.0 Å². The zero-order chi connectivity index (χ0) is 13.7. The Bertz CT molecular complexity index is 698. The maximum Gasteiger partial charge on any atom is 0.259 e. The number of nitrogens with zero attached hydrogens (tertiary/aromatic N) is 1. The van der Waals surface area contributed by atoms with Crippen molar-refractivity contribution in [2.24, 2.45) is 11.1 Å². The fourth-order valence-electron chi connectivity index (χ4n) is 3.44. The van der Waals surface area contributed by atoms with Crippen molar-refractivity contribution in [2.75, 3.05) is 18.0 Å². The first kappa shape index (κ1) is 11.9. The van der Waals surface area contributed by atoms with Gasteiger partial charge < -0.3 is 10.6 Å². The van der Waals surface area contributed by atoms with Gasteiger partial charge in [-0.15, -0.1) is 0 Å². The Kier molecular flexibility index (Phi) is 2.42. The number of carbonyl (C=O) groups excluding carboxylic acids is 1. The van der Waals surface area contributed by atoms with Crippen LogP contribution in [0, 0.1) is 5.41 Å². The van der Waals surface area contributed by atoms with Crippen molar-refractivity contribution >= 4 is 22.4 Å². The highest BCUT2D eigenvalue weighted by atomic mass is 16.2. The number of hydrogen-bond acceptors (Lipinski definition) is 2. The Morgan fingerprint density at radius 3 is 2.60 bits per heavy atom. The van der Waals surface area contributed by atoms with E-state index in [0.717, 1.165) is 35.0 Å². The first-order chi connectivity index (χ1) is 9.74. The molecule has 2 aliphatic rings. The molecule has 0 radical (unpaired) electrons. The van der Waals surface area contributed by atoms with Crippen LogP contribution in [0.25, 0.3) is 10.8 Å². The topological polar surface area (TPSA) is 46.3 Å². The number of hydrogen-bond donors (Lipinski definition) is 1. The number of anilines is 1. The van der Waals surface area contributed by atoms with Crippen molar-refractivity contribution in [3.8, 4) is 0 Å². The fourth-order valence-corrected chi connectivity index (χ4v) is 3.44. The van der Waals surface area contributed by atoms with Crippen LogP contribution in [0.4, 0.5) is 5.69 Å². The zero-order valence-electron chi connectivity index (χ0n) is 11.4. The number of rotatable bonds is 4. The molecule has 0 unspecified atom stereocenters. The van der Waals surface area contributed by atoms with E-state index in [-0.39, 0.29) is 11.3 Å². The molecule has 3 nitrogen and oxygen atoms in total. The van der Waals surface area contributed by atoms with E-state index in [1.165, 1.54) is 12.8 Å². The summed E-state index contributed by atoms with van der Waals surface area (Å²) in [5.74, 6) is 0.153. The van der Waals surface area contributed by atoms with Crippen molar-refractivity contribution in [1.82, 2.24) is 0 Å². The van der Waals surface area contributed by atoms with Crippen LogP contribution in [0.3, 0.4) is 0 Å². The summed E-state index contributed by atoms with van der Waals surface area (Å²) in [6, 6.07) is 12.2. The second-order valence-electron chi connectivity index (χ2n) is 6.11. The molecule has 0 atom stereocenters. The Hall–Kier alpha value is -1.87. The molecule has 2 aromatic rings. The van der Waals surface area contributed by atoms with E-state index < -0.39 is 0 Å². The zero-order valence-corrected chi connectivity index (χ0v) is 11.4. The van der Waals surface area contributed by atoms with Crippen LogP contribution in [0.15, 0.2) is 36.4 Å². The first-order valence-electron chi connectivity index (χ1n) is 7.28. The van der Waals surface area contributed by atoms with Gasteiger partial charge in [0.05, 0.1) is 5.69 Å². The van der Waals surface area contributed by atoms with E-state index in [2.05, 4.69) is 18.2 Å². The predicted molar refractivity (Wildman–Crippen MR) is 81.0 cm³/mol. The van der Waals surface area contributed by atoms with Crippen LogP contribution in [-0.2, 0) is 0 Å². The Morgan fingerprint density at radius 2 is 1.90 bits per heavy atom. The van der Waals surface area contributed by atoms with E-state index >= 15 is 0 Å². The number of nitrogens with two attached hydrogens (primary N) is 1. The third-order valence-electron chi connectivity index (χ3n) is 4.77. The third kappa shape index (κ3) is 1.59. The van der Waals surface area contributed by atoms with Crippen LogP contribution >= 0.6 is 0 Å². The summed E-state index contributed by atoms with van der Waals surface area (Å²) < 4.78 is 0. The Morgan fingerprint density at radius 1 is 1.15 bits per heavy atom. The van der Waals surface area contributed by atoms with Crippen LogP contribution in [0.1, 0.15) is 29.6 Å². The highest BCUT2D eigenvalue weighted by Gasteiger charge is 2.45. The van der Waals surface area contributed by atoms with Gasteiger partial charge in [0.1, 0.15) is 0 Å². The van der Waals surface area contributed by atoms with Crippen LogP contribution in [-0.4, -0.2) is 19.0 Å². The summed E-state index contributed by atoms with van der Waals surface area (Å²) >= 11 is 0. The fraction of sp³-hybridized carbons (Fsp3) is 0.353. The molecule has 2 aromatic carbocycles. The smallest absolute Gasteiger partial charge is 0.259 e. The Balaban J connectivity index is 1.77. The van der Waals surface area contributed by atoms with Gasteiger partial charge >= 0.3 is 0 Å². The lowest BCUT2D eigenvalue weighted by molar-refractivity contribution is 0.0987. The summed E-state index contributed by atoms with van der Waals surface area (Å²) in [6.45, 7) is 1.52. The van der Waals surface area contributed by atoms with Gasteiger partial charge in [-0.2, -0.15) is 0 Å². The molecule has 1 saturated carbocycles. The maximum absolute atomic E-state index is 12.7. The minimum atomic E-state index is 0.153. The lowest BCUT2D eigenvalue weighted by Crippen LogP contribution is -2.34. The average molecular weight is 266 g/mol. The summed E-state index contributed by atoms with van der Waals surface area (Å²) in [6.07, 6.45) is 3.41. The quantitative estimate of drug-likeness (QED) is 0.924. The van der Waals surface area contributed by atoms with Gasteiger partial charge in [0.25, 0.3) is 5.91 Å². The van der Waals surface area contributed by atoms with Gasteiger partial charge in [-0.05, 0) is 48.7 Å². The van der Waals surface area contributed by atoms with E-state index in [4.69, 9.17) is 5.73 Å². The largest absolute Gasteiger partial charge is 0.330 e. The molecule has 0 bridgehead atoms. The van der Waals surface area contributed by atoms with E-state index in [9.17, 15) is 4.79 Å². The van der Waals surface area contributed by atoms with Crippen LogP contribution in [0.5, 0.6) is 0 Å². The molecular weight excluding hydrogens is 248 g/mol. The van der Waals surface area contributed by atoms with Crippen molar-refractivity contribution in [3.63, 3.8) is 0 Å².